The highest BCUT2D eigenvalue weighted by molar-refractivity contribution is 5.98. The first-order valence-corrected chi connectivity index (χ1v) is 10.1. The molecule has 0 fully saturated rings. The zero-order valence-corrected chi connectivity index (χ0v) is 18.0. The van der Waals surface area contributed by atoms with Crippen molar-refractivity contribution in [3.8, 4) is 17.2 Å². The molecule has 31 heavy (non-hydrogen) atoms. The van der Waals surface area contributed by atoms with E-state index in [9.17, 15) is 9.59 Å². The van der Waals surface area contributed by atoms with E-state index in [1.54, 1.807) is 18.2 Å². The van der Waals surface area contributed by atoms with E-state index in [4.69, 9.17) is 14.2 Å². The van der Waals surface area contributed by atoms with Gasteiger partial charge in [0, 0.05) is 5.56 Å². The van der Waals surface area contributed by atoms with E-state index in [1.165, 1.54) is 6.21 Å². The Labute approximate surface area is 181 Å². The lowest BCUT2D eigenvalue weighted by Crippen LogP contribution is -2.48. The number of hydrazone groups is 1. The molecule has 0 aromatic heterocycles. The maximum absolute atomic E-state index is 12.6. The topological polar surface area (TPSA) is 98.2 Å². The maximum atomic E-state index is 12.6. The third kappa shape index (κ3) is 5.97. The van der Waals surface area contributed by atoms with Crippen LogP contribution in [0.1, 0.15) is 43.6 Å². The smallest absolute Gasteiger partial charge is 0.262 e. The fourth-order valence-electron chi connectivity index (χ4n) is 2.98. The van der Waals surface area contributed by atoms with Crippen molar-refractivity contribution in [2.75, 3.05) is 6.79 Å². The minimum absolute atomic E-state index is 0.0621. The predicted molar refractivity (Wildman–Crippen MR) is 117 cm³/mol. The van der Waals surface area contributed by atoms with Gasteiger partial charge in [-0.05, 0) is 55.7 Å². The van der Waals surface area contributed by atoms with Crippen molar-refractivity contribution in [1.82, 2.24) is 10.7 Å². The molecule has 0 bridgehead atoms. The summed E-state index contributed by atoms with van der Waals surface area (Å²) in [6.07, 6.45) is 1.59. The Morgan fingerprint density at radius 2 is 1.84 bits per heavy atom. The zero-order valence-electron chi connectivity index (χ0n) is 18.0. The molecule has 164 valence electrons. The number of carbonyl (C=O) groups is 2. The second-order valence-electron chi connectivity index (χ2n) is 7.74. The number of hydrogen-bond acceptors (Lipinski definition) is 6. The van der Waals surface area contributed by atoms with Gasteiger partial charge in [-0.2, -0.15) is 5.10 Å². The molecule has 2 aromatic carbocycles. The van der Waals surface area contributed by atoms with Crippen LogP contribution in [0.4, 0.5) is 0 Å². The summed E-state index contributed by atoms with van der Waals surface area (Å²) in [4.78, 5) is 25.3. The highest BCUT2D eigenvalue weighted by atomic mass is 16.7. The van der Waals surface area contributed by atoms with Gasteiger partial charge in [0.05, 0.1) is 12.3 Å². The molecule has 1 atom stereocenters. The summed E-state index contributed by atoms with van der Waals surface area (Å²) in [5.74, 6) is 0.889. The first-order chi connectivity index (χ1) is 14.8. The molecule has 1 aliphatic rings. The lowest BCUT2D eigenvalue weighted by atomic mass is 10.0. The van der Waals surface area contributed by atoms with E-state index < -0.39 is 11.9 Å². The largest absolute Gasteiger partial charge is 0.491 e. The number of rotatable bonds is 8. The van der Waals surface area contributed by atoms with Gasteiger partial charge in [0.1, 0.15) is 11.8 Å². The Kier molecular flexibility index (Phi) is 7.12. The molecule has 3 rings (SSSR count). The molecule has 8 heteroatoms. The number of nitrogens with one attached hydrogen (secondary N) is 2. The van der Waals surface area contributed by atoms with Crippen molar-refractivity contribution in [3.63, 3.8) is 0 Å². The normalized spacial score (nSPS) is 13.5. The molecule has 0 saturated heterocycles. The average Bonchev–Trinajstić information content (AvgIpc) is 3.19. The van der Waals surface area contributed by atoms with Crippen molar-refractivity contribution in [2.45, 2.75) is 39.8 Å². The van der Waals surface area contributed by atoms with Crippen LogP contribution in [0.5, 0.6) is 17.2 Å². The average molecular weight is 425 g/mol. The van der Waals surface area contributed by atoms with Crippen LogP contribution in [0.3, 0.4) is 0 Å². The van der Waals surface area contributed by atoms with Crippen LogP contribution in [-0.4, -0.2) is 37.0 Å². The molecule has 0 spiro atoms. The quantitative estimate of drug-likeness (QED) is 0.500. The number of benzene rings is 2. The van der Waals surface area contributed by atoms with Crippen LogP contribution < -0.4 is 25.0 Å². The van der Waals surface area contributed by atoms with E-state index in [-0.39, 0.29) is 24.7 Å². The Balaban J connectivity index is 1.61. The lowest BCUT2D eigenvalue weighted by Gasteiger charge is -2.20. The van der Waals surface area contributed by atoms with Crippen LogP contribution >= 0.6 is 0 Å². The molecule has 1 aliphatic heterocycles. The second kappa shape index (κ2) is 9.97. The van der Waals surface area contributed by atoms with E-state index >= 15 is 0 Å². The van der Waals surface area contributed by atoms with Crippen LogP contribution in [-0.2, 0) is 4.79 Å². The lowest BCUT2D eigenvalue weighted by molar-refractivity contribution is -0.123. The van der Waals surface area contributed by atoms with Crippen molar-refractivity contribution in [2.24, 2.45) is 11.0 Å². The van der Waals surface area contributed by atoms with Gasteiger partial charge in [-0.15, -0.1) is 0 Å². The van der Waals surface area contributed by atoms with E-state index in [0.29, 0.717) is 17.1 Å². The third-order valence-electron chi connectivity index (χ3n) is 4.49. The molecule has 0 saturated carbocycles. The van der Waals surface area contributed by atoms with Gasteiger partial charge >= 0.3 is 0 Å². The van der Waals surface area contributed by atoms with Gasteiger partial charge in [0.15, 0.2) is 11.5 Å². The Morgan fingerprint density at radius 3 is 2.58 bits per heavy atom. The second-order valence-corrected chi connectivity index (χ2v) is 7.74. The standard InChI is InChI=1S/C23H27N3O5/c1-14(2)21(25-22(27)17-8-9-19-20(11-17)30-13-29-19)23(28)26-24-12-16-6-5-7-18(10-16)31-15(3)4/h5-12,14-15,21H,13H2,1-4H3,(H,25,27)(H,26,28)/b24-12+. The Morgan fingerprint density at radius 1 is 1.06 bits per heavy atom. The fraction of sp³-hybridized carbons (Fsp3) is 0.348. The van der Waals surface area contributed by atoms with Crippen LogP contribution in [0.25, 0.3) is 0 Å². The monoisotopic (exact) mass is 425 g/mol. The fourth-order valence-corrected chi connectivity index (χ4v) is 2.98. The summed E-state index contributed by atoms with van der Waals surface area (Å²) < 4.78 is 16.2. The van der Waals surface area contributed by atoms with Gasteiger partial charge in [-0.25, -0.2) is 5.43 Å². The first-order valence-electron chi connectivity index (χ1n) is 10.1. The summed E-state index contributed by atoms with van der Waals surface area (Å²) >= 11 is 0. The highest BCUT2D eigenvalue weighted by Crippen LogP contribution is 2.32. The van der Waals surface area contributed by atoms with Gasteiger partial charge in [0.25, 0.3) is 11.8 Å². The third-order valence-corrected chi connectivity index (χ3v) is 4.49. The van der Waals surface area contributed by atoms with Crippen molar-refractivity contribution in [1.29, 1.82) is 0 Å². The molecule has 1 unspecified atom stereocenters. The number of fused-ring (bicyclic) bond motifs is 1. The molecule has 2 aromatic rings. The van der Waals surface area contributed by atoms with Gasteiger partial charge < -0.3 is 19.5 Å². The molecule has 2 N–H and O–H groups in total. The zero-order chi connectivity index (χ0) is 22.4. The number of nitrogens with zero attached hydrogens (tertiary/aromatic N) is 1. The first kappa shape index (κ1) is 22.1. The maximum Gasteiger partial charge on any atom is 0.262 e. The number of carbonyl (C=O) groups excluding carboxylic acids is 2. The molecule has 0 aliphatic carbocycles. The van der Waals surface area contributed by atoms with Crippen molar-refractivity contribution in [3.05, 3.63) is 53.6 Å². The minimum atomic E-state index is -0.759. The highest BCUT2D eigenvalue weighted by Gasteiger charge is 2.25. The minimum Gasteiger partial charge on any atom is -0.491 e. The number of ether oxygens (including phenoxy) is 3. The number of amides is 2. The molecular weight excluding hydrogens is 398 g/mol. The predicted octanol–water partition coefficient (Wildman–Crippen LogP) is 3.11. The molecule has 0 radical (unpaired) electrons. The summed E-state index contributed by atoms with van der Waals surface area (Å²) in [5.41, 5.74) is 3.67. The van der Waals surface area contributed by atoms with Crippen LogP contribution in [0.2, 0.25) is 0 Å². The summed E-state index contributed by atoms with van der Waals surface area (Å²) in [7, 11) is 0. The van der Waals surface area contributed by atoms with Gasteiger partial charge in [-0.1, -0.05) is 26.0 Å². The van der Waals surface area contributed by atoms with E-state index in [2.05, 4.69) is 15.8 Å². The van der Waals surface area contributed by atoms with Crippen LogP contribution in [0, 0.1) is 5.92 Å². The van der Waals surface area contributed by atoms with E-state index in [0.717, 1.165) is 11.3 Å². The Hall–Kier alpha value is -3.55. The van der Waals surface area contributed by atoms with E-state index in [1.807, 2.05) is 52.0 Å². The SMILES string of the molecule is CC(C)Oc1cccc(/C=N/NC(=O)C(NC(=O)c2ccc3c(c2)OCO3)C(C)C)c1. The van der Waals surface area contributed by atoms with Gasteiger partial charge in [-0.3, -0.25) is 9.59 Å². The van der Waals surface area contributed by atoms with Crippen LogP contribution in [0.15, 0.2) is 47.6 Å². The molecule has 8 nitrogen and oxygen atoms in total. The van der Waals surface area contributed by atoms with Crippen molar-refractivity contribution >= 4 is 18.0 Å². The summed E-state index contributed by atoms with van der Waals surface area (Å²) in [6, 6.07) is 11.5. The molecule has 2 amide bonds. The van der Waals surface area contributed by atoms with Crippen molar-refractivity contribution < 1.29 is 23.8 Å². The summed E-state index contributed by atoms with van der Waals surface area (Å²) in [6.45, 7) is 7.72. The summed E-state index contributed by atoms with van der Waals surface area (Å²) in [5, 5.41) is 6.79. The molecule has 1 heterocycles. The molecular formula is C23H27N3O5. The van der Waals surface area contributed by atoms with Gasteiger partial charge in [0.2, 0.25) is 6.79 Å². The Bertz CT molecular complexity index is 971. The number of hydrogen-bond donors (Lipinski definition) is 2.